The first kappa shape index (κ1) is 15.0. The smallest absolute Gasteiger partial charge is 0.283 e. The van der Waals surface area contributed by atoms with E-state index < -0.39 is 0 Å². The molecule has 3 heterocycles. The first-order chi connectivity index (χ1) is 11.7. The fraction of sp³-hybridized carbons (Fsp3) is 0.0556. The van der Waals surface area contributed by atoms with Gasteiger partial charge in [0.25, 0.3) is 5.91 Å². The summed E-state index contributed by atoms with van der Waals surface area (Å²) in [5.41, 5.74) is 4.78. The van der Waals surface area contributed by atoms with Crippen molar-refractivity contribution < 1.29 is 9.90 Å². The standard InChI is InChI=1S/C18H14N2O2S2/c21-15-6-2-1-5-12(15)14-11-13(16-7-3-9-23-16)19-20(14)18(22)17-8-4-10-24-17/h1-11,14,19,21H/t14-/m0/s1. The van der Waals surface area contributed by atoms with Gasteiger partial charge in [0.15, 0.2) is 0 Å². The normalized spacial score (nSPS) is 16.8. The zero-order valence-corrected chi connectivity index (χ0v) is 14.2. The molecule has 4 nitrogen and oxygen atoms in total. The number of carbonyl (C=O) groups is 1. The van der Waals surface area contributed by atoms with Gasteiger partial charge in [-0.05, 0) is 35.0 Å². The highest BCUT2D eigenvalue weighted by atomic mass is 32.1. The Morgan fingerprint density at radius 1 is 1.04 bits per heavy atom. The zero-order valence-electron chi connectivity index (χ0n) is 12.5. The number of hydrazine groups is 1. The topological polar surface area (TPSA) is 52.6 Å². The summed E-state index contributed by atoms with van der Waals surface area (Å²) in [6.07, 6.45) is 1.98. The lowest BCUT2D eigenvalue weighted by atomic mass is 10.0. The molecule has 0 saturated heterocycles. The largest absolute Gasteiger partial charge is 0.508 e. The minimum absolute atomic E-state index is 0.110. The molecule has 24 heavy (non-hydrogen) atoms. The van der Waals surface area contributed by atoms with Crippen LogP contribution in [0.5, 0.6) is 5.75 Å². The van der Waals surface area contributed by atoms with Gasteiger partial charge in [0, 0.05) is 5.56 Å². The van der Waals surface area contributed by atoms with Crippen molar-refractivity contribution in [3.63, 3.8) is 0 Å². The molecule has 0 bridgehead atoms. The minimum atomic E-state index is -0.363. The van der Waals surface area contributed by atoms with Crippen molar-refractivity contribution in [3.8, 4) is 5.75 Å². The number of phenolic OH excluding ortho intramolecular Hbond substituents is 1. The van der Waals surface area contributed by atoms with E-state index in [4.69, 9.17) is 0 Å². The number of thiophene rings is 2. The van der Waals surface area contributed by atoms with E-state index in [9.17, 15) is 9.90 Å². The Morgan fingerprint density at radius 2 is 1.83 bits per heavy atom. The molecule has 0 saturated carbocycles. The number of hydrogen-bond acceptors (Lipinski definition) is 5. The summed E-state index contributed by atoms with van der Waals surface area (Å²) in [6.45, 7) is 0. The van der Waals surface area contributed by atoms with Crippen LogP contribution in [0.3, 0.4) is 0 Å². The number of benzene rings is 1. The van der Waals surface area contributed by atoms with Gasteiger partial charge in [-0.3, -0.25) is 10.2 Å². The van der Waals surface area contributed by atoms with Crippen molar-refractivity contribution in [3.05, 3.63) is 80.7 Å². The first-order valence-electron chi connectivity index (χ1n) is 7.41. The first-order valence-corrected chi connectivity index (χ1v) is 9.17. The van der Waals surface area contributed by atoms with Crippen LogP contribution < -0.4 is 5.43 Å². The van der Waals surface area contributed by atoms with Gasteiger partial charge in [0.1, 0.15) is 11.8 Å². The molecule has 0 aliphatic carbocycles. The van der Waals surface area contributed by atoms with E-state index in [0.717, 1.165) is 10.6 Å². The van der Waals surface area contributed by atoms with Gasteiger partial charge < -0.3 is 5.11 Å². The van der Waals surface area contributed by atoms with E-state index >= 15 is 0 Å². The van der Waals surface area contributed by atoms with Gasteiger partial charge in [-0.25, -0.2) is 5.01 Å². The summed E-state index contributed by atoms with van der Waals surface area (Å²) in [5.74, 6) is 0.0676. The maximum Gasteiger partial charge on any atom is 0.283 e. The highest BCUT2D eigenvalue weighted by Gasteiger charge is 2.33. The second-order valence-electron chi connectivity index (χ2n) is 5.33. The van der Waals surface area contributed by atoms with Crippen LogP contribution in [0.15, 0.2) is 65.4 Å². The Kier molecular flexibility index (Phi) is 3.84. The Labute approximate surface area is 147 Å². The molecule has 6 heteroatoms. The molecule has 1 aliphatic rings. The molecule has 1 amide bonds. The van der Waals surface area contributed by atoms with E-state index in [1.54, 1.807) is 34.5 Å². The fourth-order valence-corrected chi connectivity index (χ4v) is 4.06. The van der Waals surface area contributed by atoms with Crippen molar-refractivity contribution in [2.24, 2.45) is 0 Å². The average Bonchev–Trinajstić information content (AvgIpc) is 3.34. The van der Waals surface area contributed by atoms with E-state index in [0.29, 0.717) is 10.4 Å². The van der Waals surface area contributed by atoms with E-state index in [1.807, 2.05) is 47.2 Å². The lowest BCUT2D eigenvalue weighted by Crippen LogP contribution is -2.39. The third-order valence-electron chi connectivity index (χ3n) is 3.84. The quantitative estimate of drug-likeness (QED) is 0.739. The van der Waals surface area contributed by atoms with Crippen molar-refractivity contribution in [1.29, 1.82) is 0 Å². The molecule has 0 unspecified atom stereocenters. The van der Waals surface area contributed by atoms with Crippen LogP contribution in [-0.2, 0) is 0 Å². The van der Waals surface area contributed by atoms with E-state index in [-0.39, 0.29) is 17.7 Å². The minimum Gasteiger partial charge on any atom is -0.508 e. The van der Waals surface area contributed by atoms with Gasteiger partial charge in [-0.15, -0.1) is 22.7 Å². The molecule has 120 valence electrons. The van der Waals surface area contributed by atoms with Crippen LogP contribution in [0.4, 0.5) is 0 Å². The maximum atomic E-state index is 12.9. The van der Waals surface area contributed by atoms with Gasteiger partial charge in [0.2, 0.25) is 0 Å². The lowest BCUT2D eigenvalue weighted by Gasteiger charge is -2.25. The molecule has 0 fully saturated rings. The summed E-state index contributed by atoms with van der Waals surface area (Å²) in [4.78, 5) is 14.6. The molecule has 3 aromatic rings. The highest BCUT2D eigenvalue weighted by molar-refractivity contribution is 7.12. The number of rotatable bonds is 3. The van der Waals surface area contributed by atoms with Crippen LogP contribution in [0, 0.1) is 0 Å². The van der Waals surface area contributed by atoms with Gasteiger partial charge >= 0.3 is 0 Å². The SMILES string of the molecule is O=C(c1cccs1)N1NC(c2cccs2)=C[C@H]1c1ccccc1O. The molecule has 0 spiro atoms. The molecule has 2 aromatic heterocycles. The third-order valence-corrected chi connectivity index (χ3v) is 5.60. The third kappa shape index (κ3) is 2.60. The monoisotopic (exact) mass is 354 g/mol. The molecular weight excluding hydrogens is 340 g/mol. The molecule has 1 aliphatic heterocycles. The molecule has 4 rings (SSSR count). The van der Waals surface area contributed by atoms with Crippen LogP contribution >= 0.6 is 22.7 Å². The summed E-state index contributed by atoms with van der Waals surface area (Å²) in [5, 5.41) is 15.7. The number of nitrogens with zero attached hydrogens (tertiary/aromatic N) is 1. The molecule has 1 aromatic carbocycles. The fourth-order valence-electron chi connectivity index (χ4n) is 2.70. The molecular formula is C18H14N2O2S2. The van der Waals surface area contributed by atoms with Crippen molar-refractivity contribution in [2.45, 2.75) is 6.04 Å². The number of hydrogen-bond donors (Lipinski definition) is 2. The summed E-state index contributed by atoms with van der Waals surface area (Å²) in [7, 11) is 0. The summed E-state index contributed by atoms with van der Waals surface area (Å²) in [6, 6.07) is 14.4. The second kappa shape index (κ2) is 6.14. The van der Waals surface area contributed by atoms with Crippen LogP contribution in [-0.4, -0.2) is 16.0 Å². The molecule has 1 atom stereocenters. The predicted molar refractivity (Wildman–Crippen MR) is 96.8 cm³/mol. The lowest BCUT2D eigenvalue weighted by molar-refractivity contribution is 0.0676. The van der Waals surface area contributed by atoms with Gasteiger partial charge in [-0.2, -0.15) is 0 Å². The van der Waals surface area contributed by atoms with Crippen LogP contribution in [0.25, 0.3) is 5.70 Å². The molecule has 2 N–H and O–H groups in total. The highest BCUT2D eigenvalue weighted by Crippen LogP contribution is 2.37. The Bertz CT molecular complexity index is 886. The van der Waals surface area contributed by atoms with Crippen molar-refractivity contribution >= 4 is 34.3 Å². The zero-order chi connectivity index (χ0) is 16.5. The van der Waals surface area contributed by atoms with Crippen molar-refractivity contribution in [2.75, 3.05) is 0 Å². The Hall–Kier alpha value is -2.57. The second-order valence-corrected chi connectivity index (χ2v) is 7.22. The number of carbonyl (C=O) groups excluding carboxylic acids is 1. The van der Waals surface area contributed by atoms with E-state index in [1.165, 1.54) is 11.3 Å². The summed E-state index contributed by atoms with van der Waals surface area (Å²) >= 11 is 3.01. The Balaban J connectivity index is 1.75. The average molecular weight is 354 g/mol. The Morgan fingerprint density at radius 3 is 2.54 bits per heavy atom. The maximum absolute atomic E-state index is 12.9. The number of phenols is 1. The van der Waals surface area contributed by atoms with Crippen molar-refractivity contribution in [1.82, 2.24) is 10.4 Å². The molecule has 0 radical (unpaired) electrons. The number of aromatic hydroxyl groups is 1. The predicted octanol–water partition coefficient (Wildman–Crippen LogP) is 4.26. The number of para-hydroxylation sites is 1. The number of amides is 1. The van der Waals surface area contributed by atoms with Crippen LogP contribution in [0.2, 0.25) is 0 Å². The number of nitrogens with one attached hydrogen (secondary N) is 1. The summed E-state index contributed by atoms with van der Waals surface area (Å²) < 4.78 is 0. The van der Waals surface area contributed by atoms with Crippen LogP contribution in [0.1, 0.15) is 26.2 Å². The van der Waals surface area contributed by atoms with Gasteiger partial charge in [-0.1, -0.05) is 30.3 Å². The van der Waals surface area contributed by atoms with Gasteiger partial charge in [0.05, 0.1) is 15.5 Å². The van der Waals surface area contributed by atoms with E-state index in [2.05, 4.69) is 5.43 Å².